The van der Waals surface area contributed by atoms with Crippen LogP contribution in [-0.2, 0) is 13.6 Å². The summed E-state index contributed by atoms with van der Waals surface area (Å²) < 4.78 is 1.96. The van der Waals surface area contributed by atoms with Gasteiger partial charge in [-0.15, -0.1) is 0 Å². The molecule has 0 bridgehead atoms. The molecule has 2 heterocycles. The molecular weight excluding hydrogens is 250 g/mol. The molecule has 3 rings (SSSR count). The van der Waals surface area contributed by atoms with Gasteiger partial charge in [0, 0.05) is 24.5 Å². The molecule has 0 radical (unpaired) electrons. The van der Waals surface area contributed by atoms with Gasteiger partial charge in [-0.05, 0) is 18.2 Å². The van der Waals surface area contributed by atoms with Crippen molar-refractivity contribution < 1.29 is 0 Å². The van der Waals surface area contributed by atoms with Gasteiger partial charge in [0.05, 0.1) is 17.6 Å². The molecule has 0 spiro atoms. The molecule has 1 aromatic carbocycles. The van der Waals surface area contributed by atoms with E-state index in [9.17, 15) is 0 Å². The second-order valence-corrected chi connectivity index (χ2v) is 4.49. The van der Waals surface area contributed by atoms with E-state index in [-0.39, 0.29) is 0 Å². The number of anilines is 1. The zero-order valence-electron chi connectivity index (χ0n) is 9.81. The number of benzene rings is 1. The Morgan fingerprint density at radius 3 is 3.11 bits per heavy atom. The van der Waals surface area contributed by atoms with Gasteiger partial charge < -0.3 is 14.9 Å². The minimum atomic E-state index is 0.622. The summed E-state index contributed by atoms with van der Waals surface area (Å²) in [7, 11) is 1.96. The fourth-order valence-corrected chi connectivity index (χ4v) is 1.97. The van der Waals surface area contributed by atoms with E-state index in [0.717, 1.165) is 22.8 Å². The molecule has 2 N–H and O–H groups in total. The van der Waals surface area contributed by atoms with E-state index < -0.39 is 0 Å². The average Bonchev–Trinajstić information content (AvgIpc) is 2.92. The number of hydrogen-bond acceptors (Lipinski definition) is 3. The molecule has 0 aliphatic carbocycles. The third kappa shape index (κ3) is 2.04. The molecule has 0 atom stereocenters. The molecule has 3 aromatic rings. The Morgan fingerprint density at radius 2 is 2.33 bits per heavy atom. The summed E-state index contributed by atoms with van der Waals surface area (Å²) in [5.74, 6) is 1.67. The first kappa shape index (κ1) is 11.1. The monoisotopic (exact) mass is 261 g/mol. The molecular formula is C12H12ClN5. The van der Waals surface area contributed by atoms with E-state index in [1.807, 2.05) is 36.0 Å². The van der Waals surface area contributed by atoms with Gasteiger partial charge in [0.1, 0.15) is 5.82 Å². The van der Waals surface area contributed by atoms with Crippen LogP contribution in [0.25, 0.3) is 11.0 Å². The van der Waals surface area contributed by atoms with E-state index in [1.54, 1.807) is 6.20 Å². The third-order valence-electron chi connectivity index (χ3n) is 2.78. The first-order valence-corrected chi connectivity index (χ1v) is 5.95. The summed E-state index contributed by atoms with van der Waals surface area (Å²) in [4.78, 5) is 11.8. The number of halogens is 1. The second kappa shape index (κ2) is 4.34. The van der Waals surface area contributed by atoms with Crippen LogP contribution in [0.5, 0.6) is 0 Å². The SMILES string of the molecule is Cn1ccnc1CNc1nc2ccc(Cl)cc2[nH]1. The standard InChI is InChI=1S/C12H12ClN5/c1-18-5-4-14-11(18)7-15-12-16-9-3-2-8(13)6-10(9)17-12/h2-6H,7H2,1H3,(H2,15,16,17). The quantitative estimate of drug-likeness (QED) is 0.762. The van der Waals surface area contributed by atoms with Gasteiger partial charge in [-0.1, -0.05) is 11.6 Å². The van der Waals surface area contributed by atoms with Crippen molar-refractivity contribution >= 4 is 28.6 Å². The number of hydrogen-bond donors (Lipinski definition) is 2. The highest BCUT2D eigenvalue weighted by atomic mass is 35.5. The van der Waals surface area contributed by atoms with E-state index in [0.29, 0.717) is 11.6 Å². The molecule has 92 valence electrons. The van der Waals surface area contributed by atoms with Crippen LogP contribution in [0.3, 0.4) is 0 Å². The molecule has 6 heteroatoms. The number of nitrogens with zero attached hydrogens (tertiary/aromatic N) is 3. The number of aromatic nitrogens is 4. The minimum Gasteiger partial charge on any atom is -0.349 e. The Bertz CT molecular complexity index is 685. The lowest BCUT2D eigenvalue weighted by Crippen LogP contribution is -2.06. The zero-order valence-corrected chi connectivity index (χ0v) is 10.6. The maximum atomic E-state index is 5.93. The van der Waals surface area contributed by atoms with Gasteiger partial charge in [-0.2, -0.15) is 0 Å². The van der Waals surface area contributed by atoms with Crippen molar-refractivity contribution in [2.45, 2.75) is 6.54 Å². The Balaban J connectivity index is 1.81. The number of nitrogens with one attached hydrogen (secondary N) is 2. The molecule has 0 aliphatic heterocycles. The minimum absolute atomic E-state index is 0.622. The topological polar surface area (TPSA) is 58.5 Å². The fraction of sp³-hybridized carbons (Fsp3) is 0.167. The van der Waals surface area contributed by atoms with Crippen LogP contribution in [0.4, 0.5) is 5.95 Å². The van der Waals surface area contributed by atoms with Crippen molar-refractivity contribution in [3.8, 4) is 0 Å². The predicted octanol–water partition coefficient (Wildman–Crippen LogP) is 2.56. The molecule has 18 heavy (non-hydrogen) atoms. The van der Waals surface area contributed by atoms with Crippen molar-refractivity contribution in [1.29, 1.82) is 0 Å². The first-order chi connectivity index (χ1) is 8.72. The lowest BCUT2D eigenvalue weighted by molar-refractivity contribution is 0.809. The van der Waals surface area contributed by atoms with Crippen molar-refractivity contribution in [1.82, 2.24) is 19.5 Å². The lowest BCUT2D eigenvalue weighted by atomic mass is 10.3. The van der Waals surface area contributed by atoms with Crippen LogP contribution in [0, 0.1) is 0 Å². The zero-order chi connectivity index (χ0) is 12.5. The van der Waals surface area contributed by atoms with Crippen molar-refractivity contribution in [3.63, 3.8) is 0 Å². The largest absolute Gasteiger partial charge is 0.349 e. The molecule has 0 saturated heterocycles. The summed E-state index contributed by atoms with van der Waals surface area (Å²) in [5.41, 5.74) is 1.81. The van der Waals surface area contributed by atoms with Gasteiger partial charge >= 0.3 is 0 Å². The summed E-state index contributed by atoms with van der Waals surface area (Å²) in [6, 6.07) is 5.57. The smallest absolute Gasteiger partial charge is 0.201 e. The highest BCUT2D eigenvalue weighted by Crippen LogP contribution is 2.19. The number of fused-ring (bicyclic) bond motifs is 1. The van der Waals surface area contributed by atoms with E-state index in [4.69, 9.17) is 11.6 Å². The Kier molecular flexibility index (Phi) is 2.68. The van der Waals surface area contributed by atoms with Crippen LogP contribution < -0.4 is 5.32 Å². The normalized spacial score (nSPS) is 11.0. The van der Waals surface area contributed by atoms with Crippen LogP contribution in [-0.4, -0.2) is 19.5 Å². The van der Waals surface area contributed by atoms with Gasteiger partial charge in [-0.25, -0.2) is 9.97 Å². The summed E-state index contributed by atoms with van der Waals surface area (Å²) in [6.45, 7) is 0.622. The maximum absolute atomic E-state index is 5.93. The number of imidazole rings is 2. The van der Waals surface area contributed by atoms with E-state index in [2.05, 4.69) is 20.3 Å². The highest BCUT2D eigenvalue weighted by molar-refractivity contribution is 6.31. The van der Waals surface area contributed by atoms with Gasteiger partial charge in [0.25, 0.3) is 0 Å². The van der Waals surface area contributed by atoms with Gasteiger partial charge in [0.15, 0.2) is 0 Å². The molecule has 2 aromatic heterocycles. The molecule has 5 nitrogen and oxygen atoms in total. The summed E-state index contributed by atoms with van der Waals surface area (Å²) in [5, 5.41) is 3.90. The number of rotatable bonds is 3. The number of aryl methyl sites for hydroxylation is 1. The molecule has 0 aliphatic rings. The molecule has 0 saturated carbocycles. The van der Waals surface area contributed by atoms with Gasteiger partial charge in [-0.3, -0.25) is 0 Å². The lowest BCUT2D eigenvalue weighted by Gasteiger charge is -2.02. The summed E-state index contributed by atoms with van der Waals surface area (Å²) in [6.07, 6.45) is 3.69. The van der Waals surface area contributed by atoms with Crippen LogP contribution in [0.1, 0.15) is 5.82 Å². The van der Waals surface area contributed by atoms with Crippen molar-refractivity contribution in [3.05, 3.63) is 41.4 Å². The molecule has 0 unspecified atom stereocenters. The third-order valence-corrected chi connectivity index (χ3v) is 3.01. The van der Waals surface area contributed by atoms with Crippen LogP contribution in [0.2, 0.25) is 5.02 Å². The van der Waals surface area contributed by atoms with E-state index in [1.165, 1.54) is 0 Å². The predicted molar refractivity (Wildman–Crippen MR) is 71.6 cm³/mol. The summed E-state index contributed by atoms with van der Waals surface area (Å²) >= 11 is 5.93. The fourth-order valence-electron chi connectivity index (χ4n) is 1.80. The van der Waals surface area contributed by atoms with Crippen LogP contribution >= 0.6 is 11.6 Å². The number of aromatic amines is 1. The Morgan fingerprint density at radius 1 is 1.44 bits per heavy atom. The highest BCUT2D eigenvalue weighted by Gasteiger charge is 2.04. The molecule has 0 amide bonds. The van der Waals surface area contributed by atoms with Crippen molar-refractivity contribution in [2.75, 3.05) is 5.32 Å². The molecule has 0 fully saturated rings. The second-order valence-electron chi connectivity index (χ2n) is 4.05. The average molecular weight is 262 g/mol. The Hall–Kier alpha value is -2.01. The number of H-pyrrole nitrogens is 1. The first-order valence-electron chi connectivity index (χ1n) is 5.58. The maximum Gasteiger partial charge on any atom is 0.201 e. The van der Waals surface area contributed by atoms with Gasteiger partial charge in [0.2, 0.25) is 5.95 Å². The van der Waals surface area contributed by atoms with E-state index >= 15 is 0 Å². The van der Waals surface area contributed by atoms with Crippen molar-refractivity contribution in [2.24, 2.45) is 7.05 Å². The Labute approximate surface area is 109 Å². The van der Waals surface area contributed by atoms with Crippen LogP contribution in [0.15, 0.2) is 30.6 Å².